The number of Topliss-reactive ketones (excluding diaryl/α,β-unsaturated/α-hetero) is 1. The van der Waals surface area contributed by atoms with Gasteiger partial charge in [-0.3, -0.25) is 9.69 Å². The van der Waals surface area contributed by atoms with Crippen molar-refractivity contribution in [2.75, 3.05) is 19.6 Å². The lowest BCUT2D eigenvalue weighted by molar-refractivity contribution is -0.119. The van der Waals surface area contributed by atoms with Gasteiger partial charge in [-0.1, -0.05) is 44.2 Å². The van der Waals surface area contributed by atoms with Crippen LogP contribution in [0.3, 0.4) is 0 Å². The number of carbonyl (C=O) groups is 1. The van der Waals surface area contributed by atoms with E-state index in [4.69, 9.17) is 0 Å². The summed E-state index contributed by atoms with van der Waals surface area (Å²) in [6, 6.07) is 10.7. The maximum absolute atomic E-state index is 11.5. The molecule has 2 atom stereocenters. The van der Waals surface area contributed by atoms with Crippen LogP contribution >= 0.6 is 0 Å². The first-order valence-electron chi connectivity index (χ1n) is 6.49. The van der Waals surface area contributed by atoms with E-state index in [1.54, 1.807) is 0 Å². The van der Waals surface area contributed by atoms with Crippen LogP contribution in [0.1, 0.15) is 31.7 Å². The van der Waals surface area contributed by atoms with Crippen LogP contribution in [0.15, 0.2) is 30.3 Å². The van der Waals surface area contributed by atoms with E-state index < -0.39 is 0 Å². The fraction of sp³-hybridized carbons (Fsp3) is 0.533. The summed E-state index contributed by atoms with van der Waals surface area (Å²) in [6.45, 7) is 6.93. The zero-order chi connectivity index (χ0) is 12.3. The Kier molecular flexibility index (Phi) is 3.95. The molecule has 1 aliphatic rings. The Hall–Kier alpha value is -1.15. The Labute approximate surface area is 104 Å². The first-order chi connectivity index (χ1) is 8.20. The number of rotatable bonds is 4. The third kappa shape index (κ3) is 2.95. The van der Waals surface area contributed by atoms with Crippen molar-refractivity contribution < 1.29 is 4.79 Å². The van der Waals surface area contributed by atoms with Gasteiger partial charge in [-0.15, -0.1) is 0 Å². The number of benzene rings is 1. The third-order valence-electron chi connectivity index (χ3n) is 3.71. The second kappa shape index (κ2) is 5.46. The molecule has 1 heterocycles. The highest BCUT2D eigenvalue weighted by Gasteiger charge is 2.30. The highest BCUT2D eigenvalue weighted by molar-refractivity contribution is 5.80. The van der Waals surface area contributed by atoms with Gasteiger partial charge >= 0.3 is 0 Å². The first kappa shape index (κ1) is 12.3. The Morgan fingerprint density at radius 1 is 1.29 bits per heavy atom. The summed E-state index contributed by atoms with van der Waals surface area (Å²) in [5, 5.41) is 0. The van der Waals surface area contributed by atoms with Gasteiger partial charge in [-0.05, 0) is 11.5 Å². The molecular weight excluding hydrogens is 210 g/mol. The second-order valence-corrected chi connectivity index (χ2v) is 5.08. The van der Waals surface area contributed by atoms with Crippen molar-refractivity contribution >= 4 is 5.78 Å². The maximum atomic E-state index is 11.5. The van der Waals surface area contributed by atoms with Gasteiger partial charge in [0.25, 0.3) is 0 Å². The highest BCUT2D eigenvalue weighted by Crippen LogP contribution is 2.31. The average molecular weight is 231 g/mol. The minimum absolute atomic E-state index is 0.353. The monoisotopic (exact) mass is 231 g/mol. The molecule has 17 heavy (non-hydrogen) atoms. The van der Waals surface area contributed by atoms with Crippen LogP contribution in [0, 0.1) is 5.92 Å². The van der Waals surface area contributed by atoms with Crippen LogP contribution < -0.4 is 0 Å². The van der Waals surface area contributed by atoms with E-state index in [0.29, 0.717) is 30.6 Å². The van der Waals surface area contributed by atoms with Gasteiger partial charge in [0.05, 0.1) is 6.54 Å². The molecule has 0 aromatic heterocycles. The predicted octanol–water partition coefficient (Wildman–Crippen LogP) is 2.70. The molecular formula is C15H21NO. The van der Waals surface area contributed by atoms with Crippen LogP contribution in [0.5, 0.6) is 0 Å². The Bertz CT molecular complexity index is 374. The van der Waals surface area contributed by atoms with Crippen molar-refractivity contribution in [3.8, 4) is 0 Å². The number of ketones is 1. The summed E-state index contributed by atoms with van der Waals surface area (Å²) in [6.07, 6.45) is 0.654. The normalized spacial score (nSPS) is 25.1. The van der Waals surface area contributed by atoms with Crippen LogP contribution in [0.25, 0.3) is 0 Å². The zero-order valence-electron chi connectivity index (χ0n) is 10.7. The van der Waals surface area contributed by atoms with Crippen LogP contribution in [-0.4, -0.2) is 30.3 Å². The van der Waals surface area contributed by atoms with Crippen molar-refractivity contribution in [2.45, 2.75) is 26.2 Å². The van der Waals surface area contributed by atoms with Crippen LogP contribution in [0.4, 0.5) is 0 Å². The van der Waals surface area contributed by atoms with E-state index in [0.717, 1.165) is 13.1 Å². The topological polar surface area (TPSA) is 20.3 Å². The van der Waals surface area contributed by atoms with Gasteiger partial charge < -0.3 is 0 Å². The van der Waals surface area contributed by atoms with Crippen LogP contribution in [-0.2, 0) is 4.79 Å². The largest absolute Gasteiger partial charge is 0.298 e. The fourth-order valence-electron chi connectivity index (χ4n) is 2.69. The molecule has 1 aromatic rings. The standard InChI is InChI=1S/C15H21NO/c1-3-14(17)10-16-9-12(2)15(11-16)13-7-5-4-6-8-13/h4-8,12,15H,3,9-11H2,1-2H3/t12-,15?/m0/s1. The Balaban J connectivity index is 2.00. The lowest BCUT2D eigenvalue weighted by Gasteiger charge is -2.15. The minimum atomic E-state index is 0.353. The predicted molar refractivity (Wildman–Crippen MR) is 70.1 cm³/mol. The summed E-state index contributed by atoms with van der Waals surface area (Å²) < 4.78 is 0. The van der Waals surface area contributed by atoms with E-state index in [-0.39, 0.29) is 0 Å². The number of nitrogens with zero attached hydrogens (tertiary/aromatic N) is 1. The number of hydrogen-bond donors (Lipinski definition) is 0. The fourth-order valence-corrected chi connectivity index (χ4v) is 2.69. The van der Waals surface area contributed by atoms with Gasteiger partial charge in [0.1, 0.15) is 5.78 Å². The molecule has 2 heteroatoms. The number of hydrogen-bond acceptors (Lipinski definition) is 2. The van der Waals surface area contributed by atoms with E-state index in [1.807, 2.05) is 6.92 Å². The van der Waals surface area contributed by atoms with Crippen molar-refractivity contribution in [3.05, 3.63) is 35.9 Å². The molecule has 1 aliphatic heterocycles. The van der Waals surface area contributed by atoms with E-state index >= 15 is 0 Å². The van der Waals surface area contributed by atoms with Crippen molar-refractivity contribution in [1.29, 1.82) is 0 Å². The molecule has 0 radical (unpaired) electrons. The van der Waals surface area contributed by atoms with E-state index in [9.17, 15) is 4.79 Å². The molecule has 1 fully saturated rings. The summed E-state index contributed by atoms with van der Waals surface area (Å²) in [5.41, 5.74) is 1.41. The number of likely N-dealkylation sites (tertiary alicyclic amines) is 1. The average Bonchev–Trinajstić information content (AvgIpc) is 2.71. The molecule has 0 amide bonds. The van der Waals surface area contributed by atoms with Crippen molar-refractivity contribution in [3.63, 3.8) is 0 Å². The summed E-state index contributed by atoms with van der Waals surface area (Å²) in [5.74, 6) is 1.58. The first-order valence-corrected chi connectivity index (χ1v) is 6.49. The van der Waals surface area contributed by atoms with E-state index in [1.165, 1.54) is 5.56 Å². The van der Waals surface area contributed by atoms with Crippen molar-refractivity contribution in [1.82, 2.24) is 4.90 Å². The molecule has 0 aliphatic carbocycles. The molecule has 0 saturated carbocycles. The second-order valence-electron chi connectivity index (χ2n) is 5.08. The lowest BCUT2D eigenvalue weighted by Crippen LogP contribution is -2.27. The minimum Gasteiger partial charge on any atom is -0.298 e. The van der Waals surface area contributed by atoms with Crippen LogP contribution in [0.2, 0.25) is 0 Å². The molecule has 0 spiro atoms. The summed E-state index contributed by atoms with van der Waals surface area (Å²) >= 11 is 0. The molecule has 92 valence electrons. The maximum Gasteiger partial charge on any atom is 0.146 e. The van der Waals surface area contributed by atoms with Gasteiger partial charge in [0, 0.05) is 25.4 Å². The molecule has 1 unspecified atom stereocenters. The van der Waals surface area contributed by atoms with Gasteiger partial charge in [-0.25, -0.2) is 0 Å². The van der Waals surface area contributed by atoms with Gasteiger partial charge in [0.2, 0.25) is 0 Å². The lowest BCUT2D eigenvalue weighted by atomic mass is 9.90. The molecule has 2 rings (SSSR count). The summed E-state index contributed by atoms with van der Waals surface area (Å²) in [7, 11) is 0. The highest BCUT2D eigenvalue weighted by atomic mass is 16.1. The van der Waals surface area contributed by atoms with Gasteiger partial charge in [0.15, 0.2) is 0 Å². The number of carbonyl (C=O) groups excluding carboxylic acids is 1. The Morgan fingerprint density at radius 3 is 2.65 bits per heavy atom. The molecule has 1 saturated heterocycles. The SMILES string of the molecule is CCC(=O)CN1CC(c2ccccc2)[C@@H](C)C1. The molecule has 0 N–H and O–H groups in total. The molecule has 1 aromatic carbocycles. The smallest absolute Gasteiger partial charge is 0.146 e. The molecule has 2 nitrogen and oxygen atoms in total. The zero-order valence-corrected chi connectivity index (χ0v) is 10.7. The van der Waals surface area contributed by atoms with Crippen molar-refractivity contribution in [2.24, 2.45) is 5.92 Å². The van der Waals surface area contributed by atoms with E-state index in [2.05, 4.69) is 42.2 Å². The summed E-state index contributed by atoms with van der Waals surface area (Å²) in [4.78, 5) is 13.8. The third-order valence-corrected chi connectivity index (χ3v) is 3.71. The van der Waals surface area contributed by atoms with Gasteiger partial charge in [-0.2, -0.15) is 0 Å². The Morgan fingerprint density at radius 2 is 2.00 bits per heavy atom. The molecule has 0 bridgehead atoms. The quantitative estimate of drug-likeness (QED) is 0.794.